The van der Waals surface area contributed by atoms with Gasteiger partial charge in [0.15, 0.2) is 0 Å². The van der Waals surface area contributed by atoms with Gasteiger partial charge in [0.05, 0.1) is 35.9 Å². The van der Waals surface area contributed by atoms with Crippen molar-refractivity contribution < 1.29 is 19.1 Å². The number of hydrogen-bond acceptors (Lipinski definition) is 6. The quantitative estimate of drug-likeness (QED) is 0.616. The van der Waals surface area contributed by atoms with Gasteiger partial charge in [0.2, 0.25) is 0 Å². The molecule has 33 heavy (non-hydrogen) atoms. The first-order valence-corrected chi connectivity index (χ1v) is 11.8. The number of ether oxygens (including phenoxy) is 2. The number of piperidine rings is 1. The van der Waals surface area contributed by atoms with Gasteiger partial charge >= 0.3 is 5.97 Å². The first-order chi connectivity index (χ1) is 15.9. The number of esters is 1. The van der Waals surface area contributed by atoms with Crippen molar-refractivity contribution in [2.24, 2.45) is 0 Å². The third kappa shape index (κ3) is 5.23. The first-order valence-electron chi connectivity index (χ1n) is 11.0. The lowest BCUT2D eigenvalue weighted by molar-refractivity contribution is 0.0600. The van der Waals surface area contributed by atoms with Crippen LogP contribution in [0, 0.1) is 6.92 Å². The first kappa shape index (κ1) is 23.7. The average Bonchev–Trinajstić information content (AvgIpc) is 3.11. The Morgan fingerprint density at radius 3 is 2.18 bits per heavy atom. The Hall–Kier alpha value is -2.42. The van der Waals surface area contributed by atoms with Gasteiger partial charge < -0.3 is 29.6 Å². The van der Waals surface area contributed by atoms with E-state index in [0.29, 0.717) is 35.2 Å². The van der Waals surface area contributed by atoms with Crippen LogP contribution < -0.4 is 15.1 Å². The number of benzene rings is 1. The van der Waals surface area contributed by atoms with Crippen LogP contribution in [0.4, 0.5) is 11.4 Å². The highest BCUT2D eigenvalue weighted by Gasteiger charge is 2.25. The maximum atomic E-state index is 12.7. The molecule has 2 aliphatic rings. The van der Waals surface area contributed by atoms with Crippen molar-refractivity contribution in [3.05, 3.63) is 45.2 Å². The molecule has 2 fully saturated rings. The van der Waals surface area contributed by atoms with Gasteiger partial charge in [-0.25, -0.2) is 4.79 Å². The van der Waals surface area contributed by atoms with Crippen LogP contribution in [0.1, 0.15) is 39.4 Å². The molecular weight excluding hydrogens is 467 g/mol. The molecule has 0 atom stereocenters. The van der Waals surface area contributed by atoms with Crippen molar-refractivity contribution in [1.29, 1.82) is 0 Å². The number of methoxy groups -OCH3 is 1. The fraction of sp³-hybridized carbons (Fsp3) is 0.478. The van der Waals surface area contributed by atoms with Crippen LogP contribution in [0.5, 0.6) is 0 Å². The molecule has 1 aromatic heterocycles. The van der Waals surface area contributed by atoms with Gasteiger partial charge in [0, 0.05) is 49.3 Å². The molecule has 2 aliphatic heterocycles. The summed E-state index contributed by atoms with van der Waals surface area (Å²) in [6.45, 7) is 6.16. The zero-order valence-corrected chi connectivity index (χ0v) is 20.3. The summed E-state index contributed by atoms with van der Waals surface area (Å²) in [7, 11) is 1.39. The second-order valence-corrected chi connectivity index (χ2v) is 9.07. The van der Waals surface area contributed by atoms with Gasteiger partial charge in [0.1, 0.15) is 5.69 Å². The van der Waals surface area contributed by atoms with Crippen LogP contribution in [0.2, 0.25) is 10.0 Å². The van der Waals surface area contributed by atoms with Crippen molar-refractivity contribution in [2.75, 3.05) is 56.3 Å². The van der Waals surface area contributed by atoms with Crippen molar-refractivity contribution in [1.82, 2.24) is 10.3 Å². The third-order valence-corrected chi connectivity index (χ3v) is 7.12. The Morgan fingerprint density at radius 2 is 1.64 bits per heavy atom. The number of carbonyl (C=O) groups excluding carboxylic acids is 2. The second kappa shape index (κ2) is 10.2. The normalized spacial score (nSPS) is 17.2. The minimum absolute atomic E-state index is 0.0229. The van der Waals surface area contributed by atoms with E-state index in [1.165, 1.54) is 7.11 Å². The summed E-state index contributed by atoms with van der Waals surface area (Å²) < 4.78 is 10.4. The maximum Gasteiger partial charge on any atom is 0.337 e. The predicted octanol–water partition coefficient (Wildman–Crippen LogP) is 3.65. The number of amides is 1. The number of aryl methyl sites for hydroxylation is 1. The molecule has 0 spiro atoms. The van der Waals surface area contributed by atoms with Crippen molar-refractivity contribution in [2.45, 2.75) is 25.8 Å². The summed E-state index contributed by atoms with van der Waals surface area (Å²) in [6.07, 6.45) is 1.54. The average molecular weight is 495 g/mol. The summed E-state index contributed by atoms with van der Waals surface area (Å²) in [4.78, 5) is 32.4. The van der Waals surface area contributed by atoms with Crippen molar-refractivity contribution in [3.8, 4) is 0 Å². The highest BCUT2D eigenvalue weighted by Crippen LogP contribution is 2.30. The van der Waals surface area contributed by atoms with E-state index in [1.807, 2.05) is 12.1 Å². The zero-order valence-electron chi connectivity index (χ0n) is 18.7. The third-order valence-electron chi connectivity index (χ3n) is 6.18. The van der Waals surface area contributed by atoms with E-state index in [4.69, 9.17) is 32.7 Å². The molecular formula is C23H28Cl2N4O4. The molecule has 2 saturated heterocycles. The minimum Gasteiger partial charge on any atom is -0.465 e. The van der Waals surface area contributed by atoms with Crippen LogP contribution in [-0.2, 0) is 9.47 Å². The summed E-state index contributed by atoms with van der Waals surface area (Å²) in [6, 6.07) is 5.88. The molecule has 3 heterocycles. The van der Waals surface area contributed by atoms with Crippen molar-refractivity contribution >= 4 is 46.5 Å². The van der Waals surface area contributed by atoms with E-state index < -0.39 is 0 Å². The Balaban J connectivity index is 1.44. The van der Waals surface area contributed by atoms with Crippen LogP contribution in [0.3, 0.4) is 0 Å². The van der Waals surface area contributed by atoms with Crippen LogP contribution in [0.15, 0.2) is 18.2 Å². The standard InChI is InChI=1S/C23H28Cl2N4O4/c1-14-19(24)20(25)21(26-14)22(30)27-16-3-5-28(6-4-16)17-11-15(23(31)32-2)12-18(13-17)29-7-9-33-10-8-29/h11-13,16,26H,3-10H2,1-2H3,(H,27,30). The molecule has 2 aromatic rings. The predicted molar refractivity (Wildman–Crippen MR) is 129 cm³/mol. The summed E-state index contributed by atoms with van der Waals surface area (Å²) in [5.74, 6) is -0.610. The van der Waals surface area contributed by atoms with Gasteiger partial charge in [-0.15, -0.1) is 0 Å². The summed E-state index contributed by atoms with van der Waals surface area (Å²) in [5, 5.41) is 3.68. The lowest BCUT2D eigenvalue weighted by atomic mass is 10.0. The van der Waals surface area contributed by atoms with E-state index >= 15 is 0 Å². The van der Waals surface area contributed by atoms with E-state index in [0.717, 1.165) is 50.4 Å². The molecule has 0 saturated carbocycles. The number of nitrogens with one attached hydrogen (secondary N) is 2. The lowest BCUT2D eigenvalue weighted by Crippen LogP contribution is -2.45. The van der Waals surface area contributed by atoms with Gasteiger partial charge in [-0.2, -0.15) is 0 Å². The molecule has 0 bridgehead atoms. The zero-order chi connectivity index (χ0) is 23.5. The van der Waals surface area contributed by atoms with Gasteiger partial charge in [0.25, 0.3) is 5.91 Å². The minimum atomic E-state index is -0.356. The number of carbonyl (C=O) groups is 2. The lowest BCUT2D eigenvalue weighted by Gasteiger charge is -2.35. The number of nitrogens with zero attached hydrogens (tertiary/aromatic N) is 2. The highest BCUT2D eigenvalue weighted by atomic mass is 35.5. The second-order valence-electron chi connectivity index (χ2n) is 8.32. The number of halogens is 2. The highest BCUT2D eigenvalue weighted by molar-refractivity contribution is 6.44. The summed E-state index contributed by atoms with van der Waals surface area (Å²) in [5.41, 5.74) is 3.45. The largest absolute Gasteiger partial charge is 0.465 e. The number of rotatable bonds is 5. The van der Waals surface area contributed by atoms with E-state index in [2.05, 4.69) is 26.2 Å². The maximum absolute atomic E-state index is 12.7. The Morgan fingerprint density at radius 1 is 1.03 bits per heavy atom. The number of H-pyrrole nitrogens is 1. The molecule has 1 amide bonds. The summed E-state index contributed by atoms with van der Waals surface area (Å²) >= 11 is 12.3. The van der Waals surface area contributed by atoms with Crippen LogP contribution in [0.25, 0.3) is 0 Å². The fourth-order valence-electron chi connectivity index (χ4n) is 4.29. The number of aromatic amines is 1. The number of morpholine rings is 1. The fourth-order valence-corrected chi connectivity index (χ4v) is 4.70. The van der Waals surface area contributed by atoms with Crippen LogP contribution in [-0.4, -0.2) is 69.4 Å². The molecule has 1 aromatic carbocycles. The molecule has 0 aliphatic carbocycles. The monoisotopic (exact) mass is 494 g/mol. The molecule has 0 radical (unpaired) electrons. The number of hydrogen-bond donors (Lipinski definition) is 2. The molecule has 4 rings (SSSR count). The SMILES string of the molecule is COC(=O)c1cc(N2CCOCC2)cc(N2CCC(NC(=O)c3[nH]c(C)c(Cl)c3Cl)CC2)c1. The van der Waals surface area contributed by atoms with Gasteiger partial charge in [-0.05, 0) is 38.0 Å². The molecule has 178 valence electrons. The van der Waals surface area contributed by atoms with Gasteiger partial charge in [-0.3, -0.25) is 4.79 Å². The molecule has 2 N–H and O–H groups in total. The molecule has 8 nitrogen and oxygen atoms in total. The molecule has 10 heteroatoms. The van der Waals surface area contributed by atoms with E-state index in [-0.39, 0.29) is 22.9 Å². The van der Waals surface area contributed by atoms with Crippen LogP contribution >= 0.6 is 23.2 Å². The molecule has 0 unspecified atom stereocenters. The smallest absolute Gasteiger partial charge is 0.337 e. The topological polar surface area (TPSA) is 86.9 Å². The number of aromatic nitrogens is 1. The van der Waals surface area contributed by atoms with Crippen molar-refractivity contribution in [3.63, 3.8) is 0 Å². The van der Waals surface area contributed by atoms with E-state index in [1.54, 1.807) is 6.92 Å². The van der Waals surface area contributed by atoms with Gasteiger partial charge in [-0.1, -0.05) is 23.2 Å². The number of anilines is 2. The Bertz CT molecular complexity index is 1030. The van der Waals surface area contributed by atoms with E-state index in [9.17, 15) is 9.59 Å². The Kier molecular flexibility index (Phi) is 7.36. The Labute approximate surface area is 203 Å².